The summed E-state index contributed by atoms with van der Waals surface area (Å²) in [4.78, 5) is 37.3. The number of para-hydroxylation sites is 2. The monoisotopic (exact) mass is 346 g/mol. The average molecular weight is 346 g/mol. The van der Waals surface area contributed by atoms with Gasteiger partial charge in [0.15, 0.2) is 11.6 Å². The van der Waals surface area contributed by atoms with E-state index in [-0.39, 0.29) is 11.3 Å². The van der Waals surface area contributed by atoms with Crippen molar-refractivity contribution in [3.63, 3.8) is 0 Å². The van der Waals surface area contributed by atoms with Crippen molar-refractivity contribution in [1.82, 2.24) is 0 Å². The van der Waals surface area contributed by atoms with E-state index in [1.54, 1.807) is 18.2 Å². The van der Waals surface area contributed by atoms with Crippen molar-refractivity contribution in [2.24, 2.45) is 0 Å². The van der Waals surface area contributed by atoms with E-state index in [0.717, 1.165) is 30.0 Å². The number of nitrogens with zero attached hydrogens (tertiary/aromatic N) is 1. The summed E-state index contributed by atoms with van der Waals surface area (Å²) in [5.41, 5.74) is 0.399. The Labute approximate surface area is 141 Å². The van der Waals surface area contributed by atoms with Gasteiger partial charge in [-0.25, -0.2) is 8.78 Å². The topological polar surface area (TPSA) is 75.7 Å². The molecule has 0 aromatic heterocycles. The van der Waals surface area contributed by atoms with Crippen molar-refractivity contribution in [2.45, 2.75) is 13.2 Å². The van der Waals surface area contributed by atoms with Crippen LogP contribution in [0.15, 0.2) is 42.5 Å². The summed E-state index contributed by atoms with van der Waals surface area (Å²) in [7, 11) is 0. The van der Waals surface area contributed by atoms with E-state index in [0.29, 0.717) is 5.69 Å². The Bertz CT molecular complexity index is 885. The molecule has 128 valence electrons. The highest BCUT2D eigenvalue weighted by molar-refractivity contribution is 6.16. The molecule has 1 N–H and O–H groups in total. The Morgan fingerprint density at radius 2 is 1.84 bits per heavy atom. The molecule has 0 radical (unpaired) electrons. The lowest BCUT2D eigenvalue weighted by molar-refractivity contribution is -0.151. The molecule has 1 atom stereocenters. The van der Waals surface area contributed by atoms with Gasteiger partial charge in [-0.15, -0.1) is 0 Å². The molecule has 2 aromatic carbocycles. The van der Waals surface area contributed by atoms with E-state index in [1.807, 2.05) is 0 Å². The number of ether oxygens (including phenoxy) is 1. The van der Waals surface area contributed by atoms with Gasteiger partial charge >= 0.3 is 5.97 Å². The fraction of sp³-hybridized carbons (Fsp3) is 0.118. The minimum atomic E-state index is -1.56. The summed E-state index contributed by atoms with van der Waals surface area (Å²) < 4.78 is 31.6. The van der Waals surface area contributed by atoms with Crippen LogP contribution in [0, 0.1) is 11.6 Å². The number of esters is 1. The molecular formula is C17H12F2N2O4. The van der Waals surface area contributed by atoms with Crippen molar-refractivity contribution in [3.05, 3.63) is 59.7 Å². The first-order chi connectivity index (χ1) is 11.9. The van der Waals surface area contributed by atoms with E-state index in [4.69, 9.17) is 4.74 Å². The van der Waals surface area contributed by atoms with Crippen LogP contribution < -0.4 is 10.2 Å². The van der Waals surface area contributed by atoms with Gasteiger partial charge in [-0.2, -0.15) is 0 Å². The van der Waals surface area contributed by atoms with Crippen LogP contribution in [0.2, 0.25) is 0 Å². The Hall–Kier alpha value is -3.29. The summed E-state index contributed by atoms with van der Waals surface area (Å²) in [6, 6.07) is 8.96. The van der Waals surface area contributed by atoms with Gasteiger partial charge in [0.2, 0.25) is 0 Å². The predicted molar refractivity (Wildman–Crippen MR) is 83.8 cm³/mol. The molecule has 2 aromatic rings. The highest BCUT2D eigenvalue weighted by Gasteiger charge is 2.39. The first-order valence-electron chi connectivity index (χ1n) is 7.24. The second-order valence-corrected chi connectivity index (χ2v) is 5.27. The number of amides is 2. The molecule has 0 saturated carbocycles. The SMILES string of the molecule is CC(=O)OC1C(=O)Nc2ccccc2N1C(=O)c1ccc(F)c(F)c1. The molecule has 0 bridgehead atoms. The molecule has 2 amide bonds. The zero-order valence-corrected chi connectivity index (χ0v) is 13.0. The van der Waals surface area contributed by atoms with Crippen molar-refractivity contribution in [1.29, 1.82) is 0 Å². The van der Waals surface area contributed by atoms with Crippen LogP contribution in [0.5, 0.6) is 0 Å². The van der Waals surface area contributed by atoms with Crippen LogP contribution in [0.3, 0.4) is 0 Å². The second kappa shape index (κ2) is 6.31. The Morgan fingerprint density at radius 1 is 1.12 bits per heavy atom. The van der Waals surface area contributed by atoms with E-state index >= 15 is 0 Å². The molecule has 1 aliphatic rings. The highest BCUT2D eigenvalue weighted by Crippen LogP contribution is 2.33. The molecule has 8 heteroatoms. The second-order valence-electron chi connectivity index (χ2n) is 5.27. The molecule has 0 spiro atoms. The number of nitrogens with one attached hydrogen (secondary N) is 1. The quantitative estimate of drug-likeness (QED) is 0.848. The third-order valence-corrected chi connectivity index (χ3v) is 3.54. The van der Waals surface area contributed by atoms with E-state index < -0.39 is 35.6 Å². The van der Waals surface area contributed by atoms with Gasteiger partial charge in [-0.1, -0.05) is 12.1 Å². The van der Waals surface area contributed by atoms with Gasteiger partial charge in [0.25, 0.3) is 18.0 Å². The zero-order chi connectivity index (χ0) is 18.1. The van der Waals surface area contributed by atoms with Crippen molar-refractivity contribution < 1.29 is 27.9 Å². The van der Waals surface area contributed by atoms with Crippen molar-refractivity contribution >= 4 is 29.2 Å². The maximum atomic E-state index is 13.5. The number of benzene rings is 2. The number of halogens is 2. The molecule has 1 heterocycles. The van der Waals surface area contributed by atoms with E-state index in [1.165, 1.54) is 6.07 Å². The third-order valence-electron chi connectivity index (χ3n) is 3.54. The summed E-state index contributed by atoms with van der Waals surface area (Å²) in [6.07, 6.45) is -1.56. The highest BCUT2D eigenvalue weighted by atomic mass is 19.2. The van der Waals surface area contributed by atoms with Gasteiger partial charge in [-0.05, 0) is 30.3 Å². The summed E-state index contributed by atoms with van der Waals surface area (Å²) in [5.74, 6) is -4.63. The fourth-order valence-corrected chi connectivity index (χ4v) is 2.48. The molecule has 3 rings (SSSR count). The molecule has 0 aliphatic carbocycles. The first kappa shape index (κ1) is 16.6. The lowest BCUT2D eigenvalue weighted by atomic mass is 10.1. The number of carbonyl (C=O) groups is 3. The maximum Gasteiger partial charge on any atom is 0.305 e. The number of anilines is 2. The van der Waals surface area contributed by atoms with Crippen LogP contribution in [-0.2, 0) is 14.3 Å². The number of hydrogen-bond donors (Lipinski definition) is 1. The van der Waals surface area contributed by atoms with E-state index in [9.17, 15) is 23.2 Å². The van der Waals surface area contributed by atoms with Crippen LogP contribution >= 0.6 is 0 Å². The summed E-state index contributed by atoms with van der Waals surface area (Å²) >= 11 is 0. The molecule has 0 fully saturated rings. The smallest absolute Gasteiger partial charge is 0.305 e. The number of rotatable bonds is 2. The van der Waals surface area contributed by atoms with Gasteiger partial charge in [0, 0.05) is 12.5 Å². The largest absolute Gasteiger partial charge is 0.431 e. The predicted octanol–water partition coefficient (Wildman–Crippen LogP) is 2.45. The molecule has 1 aliphatic heterocycles. The number of fused-ring (bicyclic) bond motifs is 1. The van der Waals surface area contributed by atoms with Gasteiger partial charge in [-0.3, -0.25) is 19.3 Å². The molecule has 25 heavy (non-hydrogen) atoms. The molecule has 1 unspecified atom stereocenters. The third kappa shape index (κ3) is 3.06. The average Bonchev–Trinajstić information content (AvgIpc) is 2.57. The lowest BCUT2D eigenvalue weighted by Crippen LogP contribution is -2.53. The first-order valence-corrected chi connectivity index (χ1v) is 7.24. The normalized spacial score (nSPS) is 16.0. The molecular weight excluding hydrogens is 334 g/mol. The fourth-order valence-electron chi connectivity index (χ4n) is 2.48. The van der Waals surface area contributed by atoms with Crippen LogP contribution in [0.25, 0.3) is 0 Å². The number of carbonyl (C=O) groups excluding carboxylic acids is 3. The van der Waals surface area contributed by atoms with Crippen LogP contribution in [0.1, 0.15) is 17.3 Å². The zero-order valence-electron chi connectivity index (χ0n) is 13.0. The molecule has 0 saturated heterocycles. The standard InChI is InChI=1S/C17H12F2N2O4/c1-9(22)25-17-15(23)20-13-4-2-3-5-14(13)21(17)16(24)10-6-7-11(18)12(19)8-10/h2-8,17H,1H3,(H,20,23). The minimum absolute atomic E-state index is 0.194. The molecule has 6 nitrogen and oxygen atoms in total. The Balaban J connectivity index is 2.10. The number of hydrogen-bond acceptors (Lipinski definition) is 4. The summed E-state index contributed by atoms with van der Waals surface area (Å²) in [6.45, 7) is 1.09. The van der Waals surface area contributed by atoms with Gasteiger partial charge in [0.05, 0.1) is 11.4 Å². The van der Waals surface area contributed by atoms with Crippen molar-refractivity contribution in [3.8, 4) is 0 Å². The lowest BCUT2D eigenvalue weighted by Gasteiger charge is -2.35. The maximum absolute atomic E-state index is 13.5. The van der Waals surface area contributed by atoms with E-state index in [2.05, 4.69) is 5.32 Å². The Kier molecular flexibility index (Phi) is 4.18. The summed E-state index contributed by atoms with van der Waals surface area (Å²) in [5, 5.41) is 2.53. The van der Waals surface area contributed by atoms with Crippen molar-refractivity contribution in [2.75, 3.05) is 10.2 Å². The van der Waals surface area contributed by atoms with Crippen LogP contribution in [-0.4, -0.2) is 24.0 Å². The Morgan fingerprint density at radius 3 is 2.52 bits per heavy atom. The van der Waals surface area contributed by atoms with Gasteiger partial charge in [0.1, 0.15) is 0 Å². The minimum Gasteiger partial charge on any atom is -0.431 e. The van der Waals surface area contributed by atoms with Crippen LogP contribution in [0.4, 0.5) is 20.2 Å². The van der Waals surface area contributed by atoms with Gasteiger partial charge < -0.3 is 10.1 Å².